The molecule has 2 atom stereocenters. The Morgan fingerprint density at radius 3 is 2.83 bits per heavy atom. The summed E-state index contributed by atoms with van der Waals surface area (Å²) in [6.45, 7) is 3.88. The van der Waals surface area contributed by atoms with E-state index >= 15 is 0 Å². The van der Waals surface area contributed by atoms with Crippen LogP contribution in [0.1, 0.15) is 38.4 Å². The number of aliphatic imine (C=N–C) groups is 1. The van der Waals surface area contributed by atoms with Crippen molar-refractivity contribution in [2.75, 3.05) is 27.7 Å². The molecule has 1 saturated carbocycles. The summed E-state index contributed by atoms with van der Waals surface area (Å²) in [6, 6.07) is 0. The van der Waals surface area contributed by atoms with Crippen LogP contribution >= 0.6 is 0 Å². The highest BCUT2D eigenvalue weighted by Crippen LogP contribution is 2.35. The molecule has 130 valence electrons. The van der Waals surface area contributed by atoms with Gasteiger partial charge in [-0.3, -0.25) is 9.67 Å². The van der Waals surface area contributed by atoms with Gasteiger partial charge in [0, 0.05) is 26.2 Å². The number of likely N-dealkylation sites (N-methyl/N-ethyl adjacent to an activating group) is 1. The number of aryl methyl sites for hydroxylation is 1. The van der Waals surface area contributed by atoms with E-state index in [4.69, 9.17) is 0 Å². The van der Waals surface area contributed by atoms with Crippen molar-refractivity contribution < 1.29 is 0 Å². The SMILES string of the molecule is CN=C(NCc1ncnn1C)NCC1(N(C)C)CCCC(C)C1. The maximum absolute atomic E-state index is 4.33. The molecule has 0 bridgehead atoms. The van der Waals surface area contributed by atoms with Gasteiger partial charge in [-0.05, 0) is 32.9 Å². The fourth-order valence-corrected chi connectivity index (χ4v) is 3.47. The summed E-state index contributed by atoms with van der Waals surface area (Å²) < 4.78 is 1.77. The monoisotopic (exact) mass is 321 g/mol. The molecule has 1 aromatic rings. The minimum absolute atomic E-state index is 0.208. The van der Waals surface area contributed by atoms with Crippen LogP contribution in [0.3, 0.4) is 0 Å². The maximum atomic E-state index is 4.33. The van der Waals surface area contributed by atoms with Crippen LogP contribution < -0.4 is 10.6 Å². The van der Waals surface area contributed by atoms with Gasteiger partial charge in [-0.2, -0.15) is 5.10 Å². The number of aromatic nitrogens is 3. The summed E-state index contributed by atoms with van der Waals surface area (Å²) in [6.07, 6.45) is 6.67. The smallest absolute Gasteiger partial charge is 0.191 e. The Hall–Kier alpha value is -1.63. The van der Waals surface area contributed by atoms with Gasteiger partial charge in [0.2, 0.25) is 0 Å². The van der Waals surface area contributed by atoms with Crippen LogP contribution in [-0.2, 0) is 13.6 Å². The second-order valence-corrected chi connectivity index (χ2v) is 6.90. The van der Waals surface area contributed by atoms with E-state index in [1.54, 1.807) is 18.1 Å². The van der Waals surface area contributed by atoms with Gasteiger partial charge in [-0.15, -0.1) is 0 Å². The molecule has 23 heavy (non-hydrogen) atoms. The highest BCUT2D eigenvalue weighted by Gasteiger charge is 2.36. The minimum Gasteiger partial charge on any atom is -0.355 e. The number of nitrogens with zero attached hydrogens (tertiary/aromatic N) is 5. The predicted molar refractivity (Wildman–Crippen MR) is 93.3 cm³/mol. The van der Waals surface area contributed by atoms with E-state index in [1.807, 2.05) is 7.05 Å². The highest BCUT2D eigenvalue weighted by atomic mass is 15.3. The van der Waals surface area contributed by atoms with Gasteiger partial charge in [-0.25, -0.2) is 4.98 Å². The average molecular weight is 321 g/mol. The van der Waals surface area contributed by atoms with Gasteiger partial charge in [0.1, 0.15) is 12.2 Å². The Balaban J connectivity index is 1.91. The molecule has 1 heterocycles. The number of nitrogens with one attached hydrogen (secondary N) is 2. The van der Waals surface area contributed by atoms with Crippen LogP contribution in [-0.4, -0.2) is 58.9 Å². The van der Waals surface area contributed by atoms with Gasteiger partial charge < -0.3 is 15.5 Å². The van der Waals surface area contributed by atoms with Crippen LogP contribution in [0.15, 0.2) is 11.3 Å². The highest BCUT2D eigenvalue weighted by molar-refractivity contribution is 5.79. The van der Waals surface area contributed by atoms with Crippen molar-refractivity contribution in [2.45, 2.75) is 44.7 Å². The molecular weight excluding hydrogens is 290 g/mol. The lowest BCUT2D eigenvalue weighted by molar-refractivity contribution is 0.0795. The molecule has 2 unspecified atom stereocenters. The molecule has 0 amide bonds. The van der Waals surface area contributed by atoms with Gasteiger partial charge in [0.15, 0.2) is 5.96 Å². The lowest BCUT2D eigenvalue weighted by atomic mass is 9.75. The molecule has 2 rings (SSSR count). The first-order valence-corrected chi connectivity index (χ1v) is 8.41. The van der Waals surface area contributed by atoms with Crippen molar-refractivity contribution in [1.82, 2.24) is 30.3 Å². The molecule has 0 aromatic carbocycles. The third-order valence-corrected chi connectivity index (χ3v) is 5.04. The first-order chi connectivity index (χ1) is 11.0. The zero-order valence-corrected chi connectivity index (χ0v) is 15.1. The molecule has 1 aliphatic rings. The third-order valence-electron chi connectivity index (χ3n) is 5.04. The quantitative estimate of drug-likeness (QED) is 0.625. The van der Waals surface area contributed by atoms with Crippen molar-refractivity contribution in [2.24, 2.45) is 18.0 Å². The number of hydrogen-bond donors (Lipinski definition) is 2. The van der Waals surface area contributed by atoms with E-state index < -0.39 is 0 Å². The van der Waals surface area contributed by atoms with Crippen molar-refractivity contribution in [1.29, 1.82) is 0 Å². The Morgan fingerprint density at radius 2 is 2.26 bits per heavy atom. The summed E-state index contributed by atoms with van der Waals surface area (Å²) >= 11 is 0. The van der Waals surface area contributed by atoms with Crippen molar-refractivity contribution >= 4 is 5.96 Å². The average Bonchev–Trinajstić information content (AvgIpc) is 2.92. The van der Waals surface area contributed by atoms with E-state index in [9.17, 15) is 0 Å². The van der Waals surface area contributed by atoms with Crippen LogP contribution in [0, 0.1) is 5.92 Å². The summed E-state index contributed by atoms with van der Waals surface area (Å²) in [4.78, 5) is 10.9. The topological polar surface area (TPSA) is 70.4 Å². The molecule has 0 saturated heterocycles. The zero-order valence-electron chi connectivity index (χ0n) is 15.1. The molecule has 2 N–H and O–H groups in total. The molecule has 0 radical (unpaired) electrons. The van der Waals surface area contributed by atoms with Crippen LogP contribution in [0.2, 0.25) is 0 Å². The fraction of sp³-hybridized carbons (Fsp3) is 0.812. The van der Waals surface area contributed by atoms with Crippen LogP contribution in [0.5, 0.6) is 0 Å². The van der Waals surface area contributed by atoms with Crippen molar-refractivity contribution in [3.8, 4) is 0 Å². The van der Waals surface area contributed by atoms with Crippen LogP contribution in [0.4, 0.5) is 0 Å². The lowest BCUT2D eigenvalue weighted by Gasteiger charge is -2.45. The molecule has 0 aliphatic heterocycles. The molecule has 7 heteroatoms. The second kappa shape index (κ2) is 7.77. The first kappa shape index (κ1) is 17.7. The molecule has 7 nitrogen and oxygen atoms in total. The number of guanidine groups is 1. The fourth-order valence-electron chi connectivity index (χ4n) is 3.47. The normalized spacial score (nSPS) is 25.7. The molecular formula is C16H31N7. The van der Waals surface area contributed by atoms with Crippen molar-refractivity contribution in [3.05, 3.63) is 12.2 Å². The van der Waals surface area contributed by atoms with Gasteiger partial charge in [0.25, 0.3) is 0 Å². The zero-order chi connectivity index (χ0) is 16.9. The third kappa shape index (κ3) is 4.43. The second-order valence-electron chi connectivity index (χ2n) is 6.90. The van der Waals surface area contributed by atoms with Gasteiger partial charge in [0.05, 0.1) is 6.54 Å². The van der Waals surface area contributed by atoms with E-state index in [-0.39, 0.29) is 5.54 Å². The van der Waals surface area contributed by atoms with E-state index in [0.717, 1.165) is 24.2 Å². The standard InChI is InChI=1S/C16H31N7/c1-13-7-6-8-16(9-13,22(3)4)11-19-15(17-2)18-10-14-20-12-21-23(14)5/h12-13H,6-11H2,1-5H3,(H2,17,18,19). The summed E-state index contributed by atoms with van der Waals surface area (Å²) in [5, 5.41) is 10.9. The summed E-state index contributed by atoms with van der Waals surface area (Å²) in [5.41, 5.74) is 0.208. The van der Waals surface area contributed by atoms with Gasteiger partial charge >= 0.3 is 0 Å². The molecule has 0 spiro atoms. The van der Waals surface area contributed by atoms with E-state index in [2.05, 4.69) is 51.6 Å². The Morgan fingerprint density at radius 1 is 1.48 bits per heavy atom. The molecule has 1 aliphatic carbocycles. The molecule has 1 aromatic heterocycles. The Labute approximate surface area is 139 Å². The van der Waals surface area contributed by atoms with Gasteiger partial charge in [-0.1, -0.05) is 19.8 Å². The maximum Gasteiger partial charge on any atom is 0.191 e. The van der Waals surface area contributed by atoms with Crippen LogP contribution in [0.25, 0.3) is 0 Å². The number of hydrogen-bond acceptors (Lipinski definition) is 4. The number of rotatable bonds is 5. The van der Waals surface area contributed by atoms with E-state index in [1.165, 1.54) is 25.7 Å². The van der Waals surface area contributed by atoms with E-state index in [0.29, 0.717) is 6.54 Å². The summed E-state index contributed by atoms with van der Waals surface area (Å²) in [7, 11) is 8.08. The summed E-state index contributed by atoms with van der Waals surface area (Å²) in [5.74, 6) is 2.48. The lowest BCUT2D eigenvalue weighted by Crippen LogP contribution is -2.56. The van der Waals surface area contributed by atoms with Crippen molar-refractivity contribution in [3.63, 3.8) is 0 Å². The first-order valence-electron chi connectivity index (χ1n) is 8.41. The largest absolute Gasteiger partial charge is 0.355 e. The Kier molecular flexibility index (Phi) is 5.98. The predicted octanol–water partition coefficient (Wildman–Crippen LogP) is 0.991. The molecule has 1 fully saturated rings. The minimum atomic E-state index is 0.208. The Bertz CT molecular complexity index is 522.